The monoisotopic (exact) mass is 576 g/mol. The van der Waals surface area contributed by atoms with Crippen LogP contribution in [0.5, 0.6) is 0 Å². The van der Waals surface area contributed by atoms with Gasteiger partial charge in [0, 0.05) is 23.9 Å². The molecule has 0 spiro atoms. The summed E-state index contributed by atoms with van der Waals surface area (Å²) in [5.74, 6) is -3.79. The summed E-state index contributed by atoms with van der Waals surface area (Å²) in [7, 11) is -7.57. The van der Waals surface area contributed by atoms with Crippen molar-refractivity contribution in [3.63, 3.8) is 0 Å². The van der Waals surface area contributed by atoms with Crippen LogP contribution >= 0.6 is 11.6 Å². The fraction of sp³-hybridized carbons (Fsp3) is 0.458. The first-order valence-electron chi connectivity index (χ1n) is 11.6. The summed E-state index contributed by atoms with van der Waals surface area (Å²) in [5, 5.41) is 12.7. The number of halogens is 3. The second-order valence-electron chi connectivity index (χ2n) is 9.87. The lowest BCUT2D eigenvalue weighted by atomic mass is 9.74. The topological polar surface area (TPSA) is 130 Å². The van der Waals surface area contributed by atoms with Gasteiger partial charge in [-0.2, -0.15) is 0 Å². The van der Waals surface area contributed by atoms with Crippen molar-refractivity contribution in [2.75, 3.05) is 18.1 Å². The fourth-order valence-electron chi connectivity index (χ4n) is 5.42. The van der Waals surface area contributed by atoms with E-state index in [1.165, 1.54) is 19.1 Å². The standard InChI is InChI=1S/C24H27ClF2N2O6S2/c1-13-7-19(26)20(27)11-21(13)29-23(30)14-3-6-18(25)22(8-14)37(34,35)17-9-15-4-5-16(10-17)24(15,31)12-28-36(2,32)33/h3,6-8,11,15-17,28,31H,4-5,9-10,12H2,1-2H3,(H,29,30)/t15?,16?,17-,24-. The first kappa shape index (κ1) is 27.9. The summed E-state index contributed by atoms with van der Waals surface area (Å²) in [6.45, 7) is 1.30. The lowest BCUT2D eigenvalue weighted by Gasteiger charge is -2.42. The first-order chi connectivity index (χ1) is 17.1. The number of hydrogen-bond acceptors (Lipinski definition) is 6. The Hall–Kier alpha value is -2.12. The van der Waals surface area contributed by atoms with Crippen molar-refractivity contribution in [2.45, 2.75) is 48.4 Å². The quantitative estimate of drug-likeness (QED) is 0.463. The summed E-state index contributed by atoms with van der Waals surface area (Å²) in [5.41, 5.74) is -1.07. The highest BCUT2D eigenvalue weighted by Gasteiger charge is 2.55. The molecule has 2 aliphatic rings. The third-order valence-electron chi connectivity index (χ3n) is 7.44. The van der Waals surface area contributed by atoms with Gasteiger partial charge in [-0.25, -0.2) is 30.3 Å². The zero-order chi connectivity index (χ0) is 27.3. The van der Waals surface area contributed by atoms with E-state index in [1.54, 1.807) is 0 Å². The van der Waals surface area contributed by atoms with Crippen molar-refractivity contribution in [3.8, 4) is 0 Å². The van der Waals surface area contributed by atoms with E-state index in [9.17, 15) is 35.5 Å². The molecule has 2 aliphatic carbocycles. The van der Waals surface area contributed by atoms with Gasteiger partial charge in [0.15, 0.2) is 21.5 Å². The second-order valence-corrected chi connectivity index (χ2v) is 14.3. The minimum atomic E-state index is -4.03. The lowest BCUT2D eigenvalue weighted by molar-refractivity contribution is -0.0525. The average Bonchev–Trinajstić information content (AvgIpc) is 2.97. The van der Waals surface area contributed by atoms with Crippen LogP contribution in [-0.4, -0.2) is 51.5 Å². The molecular formula is C24H27ClF2N2O6S2. The number of aliphatic hydroxyl groups is 1. The lowest BCUT2D eigenvalue weighted by Crippen LogP contribution is -2.54. The van der Waals surface area contributed by atoms with E-state index < -0.39 is 60.1 Å². The largest absolute Gasteiger partial charge is 0.388 e. The zero-order valence-corrected chi connectivity index (χ0v) is 22.5. The van der Waals surface area contributed by atoms with Crippen LogP contribution in [0.3, 0.4) is 0 Å². The van der Waals surface area contributed by atoms with E-state index in [0.29, 0.717) is 12.8 Å². The van der Waals surface area contributed by atoms with Crippen LogP contribution < -0.4 is 10.0 Å². The van der Waals surface area contributed by atoms with Crippen LogP contribution in [0.4, 0.5) is 14.5 Å². The molecule has 2 fully saturated rings. The number of nitrogens with one attached hydrogen (secondary N) is 2. The van der Waals surface area contributed by atoms with Crippen molar-refractivity contribution in [1.82, 2.24) is 4.72 Å². The van der Waals surface area contributed by atoms with E-state index >= 15 is 0 Å². The van der Waals surface area contributed by atoms with Crippen molar-refractivity contribution >= 4 is 43.1 Å². The van der Waals surface area contributed by atoms with E-state index in [4.69, 9.17) is 11.6 Å². The maximum absolute atomic E-state index is 13.6. The van der Waals surface area contributed by atoms with Gasteiger partial charge in [-0.1, -0.05) is 11.6 Å². The molecule has 0 aromatic heterocycles. The molecule has 37 heavy (non-hydrogen) atoms. The fourth-order valence-corrected chi connectivity index (χ4v) is 8.31. The Morgan fingerprint density at radius 2 is 1.68 bits per heavy atom. The van der Waals surface area contributed by atoms with Gasteiger partial charge in [-0.05, 0) is 74.3 Å². The Bertz CT molecular complexity index is 1450. The Labute approximate surface area is 219 Å². The first-order valence-corrected chi connectivity index (χ1v) is 15.4. The number of hydrogen-bond donors (Lipinski definition) is 3. The highest BCUT2D eigenvalue weighted by Crippen LogP contribution is 2.52. The maximum Gasteiger partial charge on any atom is 0.255 e. The molecule has 3 N–H and O–H groups in total. The molecular weight excluding hydrogens is 550 g/mol. The van der Waals surface area contributed by atoms with Gasteiger partial charge in [0.25, 0.3) is 5.91 Å². The van der Waals surface area contributed by atoms with Crippen LogP contribution in [0.2, 0.25) is 5.02 Å². The number of benzene rings is 2. The van der Waals surface area contributed by atoms with Crippen molar-refractivity contribution in [3.05, 3.63) is 58.1 Å². The number of aryl methyl sites for hydroxylation is 1. The number of rotatable bonds is 7. The molecule has 0 aliphatic heterocycles. The Balaban J connectivity index is 1.57. The van der Waals surface area contributed by atoms with Gasteiger partial charge in [-0.15, -0.1) is 0 Å². The van der Waals surface area contributed by atoms with Gasteiger partial charge < -0.3 is 10.4 Å². The minimum absolute atomic E-state index is 0.0362. The number of carbonyl (C=O) groups excluding carboxylic acids is 1. The molecule has 2 aromatic carbocycles. The number of sulfonamides is 1. The third-order valence-corrected chi connectivity index (χ3v) is 10.8. The van der Waals surface area contributed by atoms with E-state index in [-0.39, 0.29) is 46.1 Å². The second kappa shape index (κ2) is 9.88. The zero-order valence-electron chi connectivity index (χ0n) is 20.1. The number of carbonyl (C=O) groups is 1. The molecule has 2 saturated carbocycles. The molecule has 13 heteroatoms. The molecule has 202 valence electrons. The average molecular weight is 577 g/mol. The number of amides is 1. The number of sulfone groups is 1. The van der Waals surface area contributed by atoms with Crippen LogP contribution in [0.1, 0.15) is 41.6 Å². The van der Waals surface area contributed by atoms with Gasteiger partial charge in [0.2, 0.25) is 10.0 Å². The molecule has 0 radical (unpaired) electrons. The minimum Gasteiger partial charge on any atom is -0.388 e. The highest BCUT2D eigenvalue weighted by atomic mass is 35.5. The number of fused-ring (bicyclic) bond motifs is 2. The maximum atomic E-state index is 13.6. The summed E-state index contributed by atoms with van der Waals surface area (Å²) in [4.78, 5) is 12.6. The Morgan fingerprint density at radius 1 is 1.08 bits per heavy atom. The molecule has 2 unspecified atom stereocenters. The molecule has 2 aromatic rings. The van der Waals surface area contributed by atoms with E-state index in [2.05, 4.69) is 10.0 Å². The molecule has 0 heterocycles. The summed E-state index contributed by atoms with van der Waals surface area (Å²) < 4.78 is 79.7. The van der Waals surface area contributed by atoms with E-state index in [0.717, 1.165) is 24.5 Å². The molecule has 1 amide bonds. The molecule has 0 saturated heterocycles. The SMILES string of the molecule is Cc1cc(F)c(F)cc1NC(=O)c1ccc(Cl)c(S(=O)(=O)[C@H]2CC3CCC(C2)[C@]3(O)CNS(C)(=O)=O)c1. The molecule has 2 atom stereocenters. The van der Waals surface area contributed by atoms with Gasteiger partial charge in [0.1, 0.15) is 0 Å². The summed E-state index contributed by atoms with van der Waals surface area (Å²) in [6.07, 6.45) is 2.33. The van der Waals surface area contributed by atoms with Crippen molar-refractivity contribution in [2.24, 2.45) is 11.8 Å². The third kappa shape index (κ3) is 5.53. The highest BCUT2D eigenvalue weighted by molar-refractivity contribution is 7.92. The van der Waals surface area contributed by atoms with Crippen LogP contribution in [0.25, 0.3) is 0 Å². The predicted molar refractivity (Wildman–Crippen MR) is 135 cm³/mol. The van der Waals surface area contributed by atoms with Crippen molar-refractivity contribution < 1.29 is 35.5 Å². The van der Waals surface area contributed by atoms with Crippen LogP contribution in [-0.2, 0) is 19.9 Å². The van der Waals surface area contributed by atoms with Crippen LogP contribution in [0, 0.1) is 30.4 Å². The normalized spacial score (nSPS) is 25.7. The summed E-state index contributed by atoms with van der Waals surface area (Å²) in [6, 6.07) is 5.54. The van der Waals surface area contributed by atoms with Crippen LogP contribution in [0.15, 0.2) is 35.2 Å². The number of anilines is 1. The van der Waals surface area contributed by atoms with Gasteiger partial charge in [0.05, 0.1) is 27.0 Å². The molecule has 4 rings (SSSR count). The molecule has 2 bridgehead atoms. The smallest absolute Gasteiger partial charge is 0.255 e. The van der Waals surface area contributed by atoms with E-state index in [1.807, 2.05) is 0 Å². The van der Waals surface area contributed by atoms with Gasteiger partial charge in [-0.3, -0.25) is 4.79 Å². The Kier molecular flexibility index (Phi) is 7.45. The Morgan fingerprint density at radius 3 is 2.27 bits per heavy atom. The predicted octanol–water partition coefficient (Wildman–Crippen LogP) is 3.42. The molecule has 8 nitrogen and oxygen atoms in total. The summed E-state index contributed by atoms with van der Waals surface area (Å²) >= 11 is 6.24. The van der Waals surface area contributed by atoms with Crippen molar-refractivity contribution in [1.29, 1.82) is 0 Å². The van der Waals surface area contributed by atoms with Gasteiger partial charge >= 0.3 is 0 Å².